The van der Waals surface area contributed by atoms with Crippen LogP contribution in [0.2, 0.25) is 0 Å². The third-order valence-electron chi connectivity index (χ3n) is 3.35. The van der Waals surface area contributed by atoms with E-state index < -0.39 is 55.7 Å². The number of hydrazine groups is 1. The molecule has 1 fully saturated rings. The van der Waals surface area contributed by atoms with Crippen molar-refractivity contribution in [1.82, 2.24) is 10.3 Å². The molecule has 13 nitrogen and oxygen atoms in total. The van der Waals surface area contributed by atoms with Crippen molar-refractivity contribution < 1.29 is 44.2 Å². The van der Waals surface area contributed by atoms with Gasteiger partial charge in [-0.2, -0.15) is 0 Å². The topological polar surface area (TPSA) is 176 Å². The van der Waals surface area contributed by atoms with Crippen LogP contribution in [0.4, 0.5) is 0 Å². The predicted octanol–water partition coefficient (Wildman–Crippen LogP) is -3.16. The van der Waals surface area contributed by atoms with Crippen LogP contribution in [0.5, 0.6) is 0 Å². The maximum Gasteiger partial charge on any atom is 0.331 e. The van der Waals surface area contributed by atoms with Gasteiger partial charge in [0.15, 0.2) is 6.54 Å². The molecule has 0 aromatic carbocycles. The van der Waals surface area contributed by atoms with Crippen LogP contribution in [-0.2, 0) is 23.9 Å². The van der Waals surface area contributed by atoms with Gasteiger partial charge in [0, 0.05) is 6.92 Å². The molecule has 0 saturated carbocycles. The number of nitrogens with zero attached hydrogens (tertiary/aromatic N) is 3. The Morgan fingerprint density at radius 3 is 2.56 bits per heavy atom. The average Bonchev–Trinajstić information content (AvgIpc) is 2.57. The summed E-state index contributed by atoms with van der Waals surface area (Å²) in [6.07, 6.45) is -5.72. The lowest BCUT2D eigenvalue weighted by Crippen LogP contribution is -2.64. The second-order valence-electron chi connectivity index (χ2n) is 5.26. The summed E-state index contributed by atoms with van der Waals surface area (Å²) in [5.74, 6) is -1.25. The van der Waals surface area contributed by atoms with Gasteiger partial charge in [0.25, 0.3) is 6.29 Å². The molecule has 1 aliphatic heterocycles. The number of ether oxygens (including phenoxy) is 2. The minimum Gasteiger partial charge on any atom is -0.569 e. The van der Waals surface area contributed by atoms with Crippen molar-refractivity contribution in [3.63, 3.8) is 0 Å². The van der Waals surface area contributed by atoms with Gasteiger partial charge in [-0.05, 0) is 0 Å². The van der Waals surface area contributed by atoms with E-state index in [9.17, 15) is 25.0 Å². The summed E-state index contributed by atoms with van der Waals surface area (Å²) in [7, 11) is 2.38. The van der Waals surface area contributed by atoms with Crippen LogP contribution in [0, 0.1) is 5.21 Å². The standard InChI is InChI=1S/C12H22N4O9/c1-6(18)13-9-11(21)10(20)7(5-17)24-12(9)25-14-16(22)15(2)4-8(19)23-3/h7,9-12,17,20-21H,4-5H2,1-3H3,(H,13,18)/b16-14-/t7-,9-,10-,11-,12+/m1/s1. The molecule has 0 radical (unpaired) electrons. The first-order chi connectivity index (χ1) is 11.7. The summed E-state index contributed by atoms with van der Waals surface area (Å²) < 4.78 is 9.59. The Hall–Kier alpha value is -2.22. The number of hydrogen-bond acceptors (Lipinski definition) is 10. The lowest BCUT2D eigenvalue weighted by atomic mass is 9.97. The van der Waals surface area contributed by atoms with E-state index in [-0.39, 0.29) is 4.97 Å². The Morgan fingerprint density at radius 1 is 1.40 bits per heavy atom. The van der Waals surface area contributed by atoms with Crippen molar-refractivity contribution in [2.75, 3.05) is 27.3 Å². The molecule has 13 heteroatoms. The van der Waals surface area contributed by atoms with Crippen LogP contribution in [-0.4, -0.2) is 95.1 Å². The molecule has 1 heterocycles. The van der Waals surface area contributed by atoms with E-state index >= 15 is 0 Å². The number of methoxy groups -OCH3 is 1. The molecule has 1 amide bonds. The first kappa shape index (κ1) is 20.8. The van der Waals surface area contributed by atoms with Crippen LogP contribution >= 0.6 is 0 Å². The van der Waals surface area contributed by atoms with E-state index in [4.69, 9.17) is 14.7 Å². The zero-order chi connectivity index (χ0) is 19.1. The molecule has 1 saturated heterocycles. The largest absolute Gasteiger partial charge is 0.569 e. The van der Waals surface area contributed by atoms with E-state index in [1.165, 1.54) is 7.05 Å². The number of nitrogens with one attached hydrogen (secondary N) is 1. The number of hydrogen-bond donors (Lipinski definition) is 4. The molecule has 25 heavy (non-hydrogen) atoms. The highest BCUT2D eigenvalue weighted by Gasteiger charge is 2.46. The van der Waals surface area contributed by atoms with Crippen LogP contribution in [0.25, 0.3) is 0 Å². The predicted molar refractivity (Wildman–Crippen MR) is 77.2 cm³/mol. The Balaban J connectivity index is 2.84. The number of esters is 1. The normalized spacial score (nSPS) is 29.7. The number of carbonyl (C=O) groups excluding carboxylic acids is 2. The lowest BCUT2D eigenvalue weighted by Gasteiger charge is -2.40. The van der Waals surface area contributed by atoms with Gasteiger partial charge >= 0.3 is 5.97 Å². The van der Waals surface area contributed by atoms with E-state index in [2.05, 4.69) is 15.3 Å². The molecule has 0 aliphatic carbocycles. The smallest absolute Gasteiger partial charge is 0.331 e. The second kappa shape index (κ2) is 9.31. The molecular weight excluding hydrogens is 344 g/mol. The highest BCUT2D eigenvalue weighted by molar-refractivity contribution is 5.73. The quantitative estimate of drug-likeness (QED) is 0.156. The third kappa shape index (κ3) is 5.67. The molecule has 0 unspecified atom stereocenters. The van der Waals surface area contributed by atoms with Gasteiger partial charge in [0.2, 0.25) is 11.2 Å². The molecule has 4 N–H and O–H groups in total. The number of likely N-dealkylation sites (N-methyl/N-ethyl adjacent to an activating group) is 1. The summed E-state index contributed by atoms with van der Waals surface area (Å²) in [5.41, 5.74) is 0. The SMILES string of the molecule is COC(=O)CN(C)/[N+]([O-])=N/O[C@@H]1O[C@H](CO)[C@@H](O)[C@H](O)[C@H]1NC(C)=O. The maximum atomic E-state index is 11.7. The van der Waals surface area contributed by atoms with E-state index in [0.29, 0.717) is 0 Å². The fourth-order valence-electron chi connectivity index (χ4n) is 2.02. The summed E-state index contributed by atoms with van der Waals surface area (Å²) in [4.78, 5) is 27.1. The monoisotopic (exact) mass is 366 g/mol. The summed E-state index contributed by atoms with van der Waals surface area (Å²) in [6, 6.07) is -1.25. The molecule has 0 aromatic heterocycles. The second-order valence-corrected chi connectivity index (χ2v) is 5.26. The van der Waals surface area contributed by atoms with E-state index in [1.54, 1.807) is 0 Å². The molecule has 0 spiro atoms. The van der Waals surface area contributed by atoms with E-state index in [0.717, 1.165) is 19.0 Å². The average molecular weight is 366 g/mol. The Bertz CT molecular complexity index is 503. The van der Waals surface area contributed by atoms with Gasteiger partial charge in [-0.25, -0.2) is 4.79 Å². The number of carbonyl (C=O) groups is 2. The molecular formula is C12H22N4O9. The minimum atomic E-state index is -1.54. The van der Waals surface area contributed by atoms with Gasteiger partial charge in [0.05, 0.1) is 25.7 Å². The minimum absolute atomic E-state index is 0.0729. The Morgan fingerprint density at radius 2 is 2.04 bits per heavy atom. The summed E-state index contributed by atoms with van der Waals surface area (Å²) >= 11 is 0. The van der Waals surface area contributed by atoms with E-state index in [1.807, 2.05) is 0 Å². The van der Waals surface area contributed by atoms with Gasteiger partial charge in [0.1, 0.15) is 24.4 Å². The first-order valence-corrected chi connectivity index (χ1v) is 7.22. The number of aliphatic hydroxyl groups is 3. The van der Waals surface area contributed by atoms with Crippen molar-refractivity contribution >= 4 is 11.9 Å². The summed E-state index contributed by atoms with van der Waals surface area (Å²) in [5, 5.41) is 47.0. The summed E-state index contributed by atoms with van der Waals surface area (Å²) in [6.45, 7) is 0.109. The molecule has 0 aromatic rings. The zero-order valence-electron chi connectivity index (χ0n) is 13.9. The van der Waals surface area contributed by atoms with Crippen molar-refractivity contribution in [3.8, 4) is 0 Å². The molecule has 144 valence electrons. The molecule has 1 aliphatic rings. The van der Waals surface area contributed by atoms with Gasteiger partial charge in [-0.15, -0.1) is 5.01 Å². The molecule has 0 bridgehead atoms. The number of rotatable bonds is 7. The highest BCUT2D eigenvalue weighted by Crippen LogP contribution is 2.22. The van der Waals surface area contributed by atoms with Crippen molar-refractivity contribution in [2.24, 2.45) is 5.28 Å². The molecule has 5 atom stereocenters. The third-order valence-corrected chi connectivity index (χ3v) is 3.35. The lowest BCUT2D eigenvalue weighted by molar-refractivity contribution is -0.706. The van der Waals surface area contributed by atoms with Crippen LogP contribution in [0.3, 0.4) is 0 Å². The number of amides is 1. The maximum absolute atomic E-state index is 11.7. The van der Waals surface area contributed by atoms with Crippen LogP contribution < -0.4 is 5.32 Å². The Kier molecular flexibility index (Phi) is 7.76. The van der Waals surface area contributed by atoms with Crippen LogP contribution in [0.15, 0.2) is 5.28 Å². The van der Waals surface area contributed by atoms with Crippen molar-refractivity contribution in [1.29, 1.82) is 0 Å². The number of aliphatic hydroxyl groups excluding tert-OH is 3. The van der Waals surface area contributed by atoms with Crippen molar-refractivity contribution in [2.45, 2.75) is 37.6 Å². The van der Waals surface area contributed by atoms with Crippen LogP contribution in [0.1, 0.15) is 6.92 Å². The Labute approximate surface area is 142 Å². The molecule has 1 rings (SSSR count). The van der Waals surface area contributed by atoms with Gasteiger partial charge < -0.3 is 40.2 Å². The fraction of sp³-hybridized carbons (Fsp3) is 0.833. The van der Waals surface area contributed by atoms with Gasteiger partial charge in [-0.1, -0.05) is 0 Å². The first-order valence-electron chi connectivity index (χ1n) is 7.22. The fourth-order valence-corrected chi connectivity index (χ4v) is 2.02. The zero-order valence-corrected chi connectivity index (χ0v) is 13.9. The van der Waals surface area contributed by atoms with Crippen molar-refractivity contribution in [3.05, 3.63) is 5.21 Å². The van der Waals surface area contributed by atoms with Gasteiger partial charge in [-0.3, -0.25) is 4.79 Å². The highest BCUT2D eigenvalue weighted by atomic mass is 16.8.